The van der Waals surface area contributed by atoms with Crippen LogP contribution in [0.15, 0.2) is 64.3 Å². The molecule has 0 aliphatic heterocycles. The Morgan fingerprint density at radius 1 is 1.08 bits per heavy atom. The van der Waals surface area contributed by atoms with Gasteiger partial charge < -0.3 is 5.32 Å². The molecule has 25 heavy (non-hydrogen) atoms. The van der Waals surface area contributed by atoms with Gasteiger partial charge in [-0.05, 0) is 47.7 Å². The molecule has 2 heterocycles. The molecular weight excluding hydrogens is 361 g/mol. The number of hydrogen-bond donors (Lipinski definition) is 2. The van der Waals surface area contributed by atoms with Crippen molar-refractivity contribution in [2.45, 2.75) is 10.6 Å². The standard InChI is InChI=1S/C17H16FN3O2S2/c18-14-5-3-13(4-6-14)9-10-19-16-8-7-15(12-20-16)21-25(22,23)17-2-1-11-24-17/h1-8,11-12,21H,9-10H2,(H,19,20). The van der Waals surface area contributed by atoms with Crippen LogP contribution in [0.25, 0.3) is 0 Å². The first-order valence-corrected chi connectivity index (χ1v) is 9.90. The summed E-state index contributed by atoms with van der Waals surface area (Å²) in [5.41, 5.74) is 1.42. The van der Waals surface area contributed by atoms with E-state index in [0.717, 1.165) is 23.3 Å². The van der Waals surface area contributed by atoms with Crippen molar-refractivity contribution in [3.8, 4) is 0 Å². The average Bonchev–Trinajstić information content (AvgIpc) is 3.14. The number of pyridine rings is 1. The van der Waals surface area contributed by atoms with E-state index in [1.54, 1.807) is 41.8 Å². The van der Waals surface area contributed by atoms with Gasteiger partial charge in [-0.2, -0.15) is 0 Å². The Kier molecular flexibility index (Phi) is 5.30. The van der Waals surface area contributed by atoms with E-state index in [0.29, 0.717) is 18.1 Å². The van der Waals surface area contributed by atoms with Crippen LogP contribution in [-0.4, -0.2) is 19.9 Å². The number of nitrogens with one attached hydrogen (secondary N) is 2. The van der Waals surface area contributed by atoms with Gasteiger partial charge in [-0.1, -0.05) is 18.2 Å². The van der Waals surface area contributed by atoms with E-state index >= 15 is 0 Å². The van der Waals surface area contributed by atoms with Crippen LogP contribution in [0, 0.1) is 5.82 Å². The highest BCUT2D eigenvalue weighted by molar-refractivity contribution is 7.94. The molecule has 0 aliphatic rings. The summed E-state index contributed by atoms with van der Waals surface area (Å²) in [6, 6.07) is 12.9. The maximum absolute atomic E-state index is 12.8. The van der Waals surface area contributed by atoms with Crippen LogP contribution in [0.2, 0.25) is 0 Å². The number of halogens is 1. The molecule has 0 atom stereocenters. The van der Waals surface area contributed by atoms with Gasteiger partial charge in [0.1, 0.15) is 15.8 Å². The number of hydrogen-bond acceptors (Lipinski definition) is 5. The normalized spacial score (nSPS) is 11.2. The summed E-state index contributed by atoms with van der Waals surface area (Å²) in [5, 5.41) is 4.85. The molecule has 3 aromatic rings. The monoisotopic (exact) mass is 377 g/mol. The van der Waals surface area contributed by atoms with E-state index in [1.807, 2.05) is 0 Å². The van der Waals surface area contributed by atoms with Gasteiger partial charge in [-0.15, -0.1) is 11.3 Å². The van der Waals surface area contributed by atoms with Crippen LogP contribution < -0.4 is 10.0 Å². The lowest BCUT2D eigenvalue weighted by atomic mass is 10.1. The smallest absolute Gasteiger partial charge is 0.271 e. The minimum absolute atomic E-state index is 0.251. The Hall–Kier alpha value is -2.45. The van der Waals surface area contributed by atoms with Crippen molar-refractivity contribution in [1.29, 1.82) is 0 Å². The molecule has 0 radical (unpaired) electrons. The zero-order valence-electron chi connectivity index (χ0n) is 13.1. The lowest BCUT2D eigenvalue weighted by molar-refractivity contribution is 0.603. The molecule has 0 aliphatic carbocycles. The molecule has 1 aromatic carbocycles. The first-order chi connectivity index (χ1) is 12.0. The van der Waals surface area contributed by atoms with Gasteiger partial charge >= 0.3 is 0 Å². The molecule has 5 nitrogen and oxygen atoms in total. The van der Waals surface area contributed by atoms with E-state index in [9.17, 15) is 12.8 Å². The molecule has 0 bridgehead atoms. The van der Waals surface area contributed by atoms with Crippen LogP contribution in [-0.2, 0) is 16.4 Å². The number of thiophene rings is 1. The van der Waals surface area contributed by atoms with E-state index in [4.69, 9.17) is 0 Å². The lowest BCUT2D eigenvalue weighted by Crippen LogP contribution is -2.12. The number of benzene rings is 1. The SMILES string of the molecule is O=S(=O)(Nc1ccc(NCCc2ccc(F)cc2)nc1)c1cccs1. The minimum atomic E-state index is -3.56. The number of aromatic nitrogens is 1. The van der Waals surface area contributed by atoms with Gasteiger partial charge in [0.05, 0.1) is 11.9 Å². The Balaban J connectivity index is 1.54. The highest BCUT2D eigenvalue weighted by atomic mass is 32.2. The molecule has 0 saturated heterocycles. The second kappa shape index (κ2) is 7.62. The summed E-state index contributed by atoms with van der Waals surface area (Å²) in [7, 11) is -3.56. The van der Waals surface area contributed by atoms with Crippen molar-refractivity contribution >= 4 is 32.9 Å². The molecule has 0 amide bonds. The van der Waals surface area contributed by atoms with E-state index in [2.05, 4.69) is 15.0 Å². The largest absolute Gasteiger partial charge is 0.370 e. The molecule has 0 spiro atoms. The van der Waals surface area contributed by atoms with E-state index < -0.39 is 10.0 Å². The summed E-state index contributed by atoms with van der Waals surface area (Å²) >= 11 is 1.16. The molecule has 0 fully saturated rings. The topological polar surface area (TPSA) is 71.1 Å². The Labute approximate surface area is 149 Å². The molecule has 0 unspecified atom stereocenters. The van der Waals surface area contributed by atoms with Crippen LogP contribution in [0.4, 0.5) is 15.9 Å². The quantitative estimate of drug-likeness (QED) is 0.658. The maximum Gasteiger partial charge on any atom is 0.271 e. The third-order valence-corrected chi connectivity index (χ3v) is 6.19. The highest BCUT2D eigenvalue weighted by Gasteiger charge is 2.15. The van der Waals surface area contributed by atoms with Crippen molar-refractivity contribution < 1.29 is 12.8 Å². The zero-order valence-corrected chi connectivity index (χ0v) is 14.8. The van der Waals surface area contributed by atoms with Gasteiger partial charge in [0.25, 0.3) is 10.0 Å². The number of nitrogens with zero attached hydrogens (tertiary/aromatic N) is 1. The predicted octanol–water partition coefficient (Wildman–Crippen LogP) is 3.74. The van der Waals surface area contributed by atoms with Crippen LogP contribution in [0.1, 0.15) is 5.56 Å². The second-order valence-electron chi connectivity index (χ2n) is 5.27. The fourth-order valence-electron chi connectivity index (χ4n) is 2.17. The van der Waals surface area contributed by atoms with Crippen molar-refractivity contribution in [3.05, 3.63) is 71.5 Å². The average molecular weight is 377 g/mol. The van der Waals surface area contributed by atoms with Crippen molar-refractivity contribution in [2.24, 2.45) is 0 Å². The summed E-state index contributed by atoms with van der Waals surface area (Å²) in [5.74, 6) is 0.389. The first kappa shape index (κ1) is 17.4. The molecule has 3 rings (SSSR count). The maximum atomic E-state index is 12.8. The summed E-state index contributed by atoms with van der Waals surface area (Å²) in [4.78, 5) is 4.19. The summed E-state index contributed by atoms with van der Waals surface area (Å²) in [6.45, 7) is 0.638. The second-order valence-corrected chi connectivity index (χ2v) is 8.13. The third-order valence-electron chi connectivity index (χ3n) is 3.41. The zero-order chi connectivity index (χ0) is 17.7. The first-order valence-electron chi connectivity index (χ1n) is 7.54. The van der Waals surface area contributed by atoms with E-state index in [1.165, 1.54) is 18.3 Å². The molecule has 2 N–H and O–H groups in total. The van der Waals surface area contributed by atoms with Gasteiger partial charge in [0, 0.05) is 6.54 Å². The Morgan fingerprint density at radius 3 is 2.52 bits per heavy atom. The molecule has 130 valence electrons. The predicted molar refractivity (Wildman–Crippen MR) is 98.0 cm³/mol. The van der Waals surface area contributed by atoms with Gasteiger partial charge in [0.2, 0.25) is 0 Å². The number of anilines is 2. The van der Waals surface area contributed by atoms with Gasteiger partial charge in [0.15, 0.2) is 0 Å². The minimum Gasteiger partial charge on any atom is -0.370 e. The third kappa shape index (κ3) is 4.77. The summed E-state index contributed by atoms with van der Waals surface area (Å²) < 4.78 is 39.9. The molecule has 8 heteroatoms. The van der Waals surface area contributed by atoms with E-state index in [-0.39, 0.29) is 10.0 Å². The van der Waals surface area contributed by atoms with Crippen LogP contribution >= 0.6 is 11.3 Å². The molecular formula is C17H16FN3O2S2. The van der Waals surface area contributed by atoms with Crippen LogP contribution in [0.3, 0.4) is 0 Å². The summed E-state index contributed by atoms with van der Waals surface area (Å²) in [6.07, 6.45) is 2.19. The lowest BCUT2D eigenvalue weighted by Gasteiger charge is -2.08. The highest BCUT2D eigenvalue weighted by Crippen LogP contribution is 2.20. The van der Waals surface area contributed by atoms with Crippen LogP contribution in [0.5, 0.6) is 0 Å². The molecule has 0 saturated carbocycles. The fourth-order valence-corrected chi connectivity index (χ4v) is 4.20. The van der Waals surface area contributed by atoms with Crippen molar-refractivity contribution in [3.63, 3.8) is 0 Å². The molecule has 2 aromatic heterocycles. The Morgan fingerprint density at radius 2 is 1.88 bits per heavy atom. The van der Waals surface area contributed by atoms with Gasteiger partial charge in [-0.25, -0.2) is 17.8 Å². The number of sulfonamides is 1. The number of rotatable bonds is 7. The fraction of sp³-hybridized carbons (Fsp3) is 0.118. The van der Waals surface area contributed by atoms with Gasteiger partial charge in [-0.3, -0.25) is 4.72 Å². The van der Waals surface area contributed by atoms with Crippen molar-refractivity contribution in [1.82, 2.24) is 4.98 Å². The Bertz CT molecular complexity index is 910. The van der Waals surface area contributed by atoms with Crippen molar-refractivity contribution in [2.75, 3.05) is 16.6 Å².